The molecular weight excluding hydrogens is 424 g/mol. The second-order valence-corrected chi connectivity index (χ2v) is 8.96. The highest BCUT2D eigenvalue weighted by Gasteiger charge is 2.22. The summed E-state index contributed by atoms with van der Waals surface area (Å²) in [4.78, 5) is 31.4. The lowest BCUT2D eigenvalue weighted by molar-refractivity contribution is -0.123. The number of aromatic nitrogens is 1. The Labute approximate surface area is 198 Å². The van der Waals surface area contributed by atoms with Crippen molar-refractivity contribution in [2.45, 2.75) is 19.3 Å². The van der Waals surface area contributed by atoms with Crippen molar-refractivity contribution in [2.24, 2.45) is 11.7 Å². The highest BCUT2D eigenvalue weighted by Crippen LogP contribution is 2.28. The van der Waals surface area contributed by atoms with Gasteiger partial charge in [-0.15, -0.1) is 0 Å². The molecule has 5 rings (SSSR count). The first-order valence-electron chi connectivity index (χ1n) is 11.8. The van der Waals surface area contributed by atoms with Gasteiger partial charge < -0.3 is 16.0 Å². The quantitative estimate of drug-likeness (QED) is 0.425. The normalized spacial score (nSPS) is 14.9. The molecule has 0 atom stereocenters. The van der Waals surface area contributed by atoms with Crippen molar-refractivity contribution in [3.05, 3.63) is 84.1 Å². The van der Waals surface area contributed by atoms with Gasteiger partial charge >= 0.3 is 0 Å². The van der Waals surface area contributed by atoms with E-state index in [1.54, 1.807) is 6.20 Å². The molecule has 0 unspecified atom stereocenters. The van der Waals surface area contributed by atoms with Crippen LogP contribution in [-0.4, -0.2) is 41.3 Å². The second kappa shape index (κ2) is 9.61. The van der Waals surface area contributed by atoms with Crippen LogP contribution in [0.15, 0.2) is 72.9 Å². The van der Waals surface area contributed by atoms with Crippen LogP contribution in [0.1, 0.15) is 28.8 Å². The summed E-state index contributed by atoms with van der Waals surface area (Å²) in [5.74, 6) is -0.321. The number of nitrogens with two attached hydrogens (primary N) is 1. The lowest BCUT2D eigenvalue weighted by Gasteiger charge is -2.30. The molecule has 0 bridgehead atoms. The molecular formula is C28H28N4O2. The van der Waals surface area contributed by atoms with Gasteiger partial charge in [0.05, 0.1) is 11.1 Å². The SMILES string of the molecule is NC(=O)C1CCN(CCc2ccc(NC(=O)c3cc4ccccc4c4cccnc34)cc2)CC1. The van der Waals surface area contributed by atoms with E-state index in [0.717, 1.165) is 60.7 Å². The van der Waals surface area contributed by atoms with E-state index in [2.05, 4.69) is 33.4 Å². The largest absolute Gasteiger partial charge is 0.369 e. The van der Waals surface area contributed by atoms with Crippen molar-refractivity contribution in [1.29, 1.82) is 0 Å². The maximum Gasteiger partial charge on any atom is 0.257 e. The molecule has 1 fully saturated rings. The zero-order valence-electron chi connectivity index (χ0n) is 19.0. The Kier molecular flexibility index (Phi) is 6.23. The Morgan fingerprint density at radius 3 is 2.47 bits per heavy atom. The average Bonchev–Trinajstić information content (AvgIpc) is 2.88. The topological polar surface area (TPSA) is 88.3 Å². The Morgan fingerprint density at radius 1 is 0.971 bits per heavy atom. The molecule has 1 aliphatic rings. The van der Waals surface area contributed by atoms with Crippen LogP contribution in [0, 0.1) is 5.92 Å². The third-order valence-electron chi connectivity index (χ3n) is 6.78. The fourth-order valence-corrected chi connectivity index (χ4v) is 4.78. The number of likely N-dealkylation sites (tertiary alicyclic amines) is 1. The number of nitrogens with zero attached hydrogens (tertiary/aromatic N) is 2. The fraction of sp³-hybridized carbons (Fsp3) is 0.250. The van der Waals surface area contributed by atoms with Crippen LogP contribution in [0.25, 0.3) is 21.7 Å². The Balaban J connectivity index is 1.25. The van der Waals surface area contributed by atoms with Crippen LogP contribution >= 0.6 is 0 Å². The minimum atomic E-state index is -0.176. The van der Waals surface area contributed by atoms with E-state index < -0.39 is 0 Å². The number of benzene rings is 3. The summed E-state index contributed by atoms with van der Waals surface area (Å²) in [6, 6.07) is 21.9. The van der Waals surface area contributed by atoms with E-state index in [1.807, 2.05) is 48.5 Å². The van der Waals surface area contributed by atoms with Gasteiger partial charge in [-0.25, -0.2) is 0 Å². The standard InChI is InChI=1S/C28H28N4O2/c29-27(33)20-12-16-32(17-13-20)15-11-19-7-9-22(10-8-19)31-28(34)25-18-21-4-1-2-5-23(21)24-6-3-14-30-26(24)25/h1-10,14,18,20H,11-13,15-17H2,(H2,29,33)(H,31,34). The number of amides is 2. The molecule has 0 aliphatic carbocycles. The summed E-state index contributed by atoms with van der Waals surface area (Å²) in [5, 5.41) is 6.11. The van der Waals surface area contributed by atoms with Gasteiger partial charge in [-0.3, -0.25) is 14.6 Å². The number of pyridine rings is 1. The van der Waals surface area contributed by atoms with Gasteiger partial charge in [-0.05, 0) is 73.0 Å². The number of hydrogen-bond donors (Lipinski definition) is 2. The van der Waals surface area contributed by atoms with Crippen molar-refractivity contribution < 1.29 is 9.59 Å². The van der Waals surface area contributed by atoms with Gasteiger partial charge in [0, 0.05) is 29.7 Å². The van der Waals surface area contributed by atoms with Crippen LogP contribution in [0.5, 0.6) is 0 Å². The van der Waals surface area contributed by atoms with Crippen molar-refractivity contribution in [2.75, 3.05) is 25.0 Å². The molecule has 34 heavy (non-hydrogen) atoms. The van der Waals surface area contributed by atoms with Crippen molar-refractivity contribution >= 4 is 39.2 Å². The molecule has 3 N–H and O–H groups in total. The Morgan fingerprint density at radius 2 is 1.71 bits per heavy atom. The lowest BCUT2D eigenvalue weighted by atomic mass is 9.96. The van der Waals surface area contributed by atoms with E-state index in [9.17, 15) is 9.59 Å². The number of nitrogens with one attached hydrogen (secondary N) is 1. The van der Waals surface area contributed by atoms with E-state index in [1.165, 1.54) is 5.56 Å². The molecule has 0 radical (unpaired) electrons. The molecule has 2 amide bonds. The first-order chi connectivity index (χ1) is 16.6. The van der Waals surface area contributed by atoms with E-state index in [-0.39, 0.29) is 17.7 Å². The van der Waals surface area contributed by atoms with Crippen molar-refractivity contribution in [3.8, 4) is 0 Å². The van der Waals surface area contributed by atoms with Gasteiger partial charge in [-0.1, -0.05) is 42.5 Å². The molecule has 2 heterocycles. The first kappa shape index (κ1) is 22.0. The van der Waals surface area contributed by atoms with Crippen LogP contribution in [0.2, 0.25) is 0 Å². The minimum Gasteiger partial charge on any atom is -0.369 e. The minimum absolute atomic E-state index is 0.0223. The number of fused-ring (bicyclic) bond motifs is 3. The van der Waals surface area contributed by atoms with Crippen molar-refractivity contribution in [3.63, 3.8) is 0 Å². The van der Waals surface area contributed by atoms with Crippen LogP contribution in [0.3, 0.4) is 0 Å². The van der Waals surface area contributed by atoms with Crippen LogP contribution < -0.4 is 11.1 Å². The maximum absolute atomic E-state index is 13.2. The molecule has 4 aromatic rings. The summed E-state index contributed by atoms with van der Waals surface area (Å²) in [5.41, 5.74) is 8.67. The summed E-state index contributed by atoms with van der Waals surface area (Å²) < 4.78 is 0. The third kappa shape index (κ3) is 4.63. The number of piperidine rings is 1. The summed E-state index contributed by atoms with van der Waals surface area (Å²) in [7, 11) is 0. The van der Waals surface area contributed by atoms with Gasteiger partial charge in [0.2, 0.25) is 5.91 Å². The molecule has 1 aliphatic heterocycles. The highest BCUT2D eigenvalue weighted by molar-refractivity contribution is 6.18. The molecule has 1 saturated heterocycles. The summed E-state index contributed by atoms with van der Waals surface area (Å²) in [6.07, 6.45) is 4.34. The maximum atomic E-state index is 13.2. The molecule has 6 nitrogen and oxygen atoms in total. The third-order valence-corrected chi connectivity index (χ3v) is 6.78. The summed E-state index contributed by atoms with van der Waals surface area (Å²) >= 11 is 0. The summed E-state index contributed by atoms with van der Waals surface area (Å²) in [6.45, 7) is 2.77. The molecule has 6 heteroatoms. The molecule has 1 aromatic heterocycles. The second-order valence-electron chi connectivity index (χ2n) is 8.96. The monoisotopic (exact) mass is 452 g/mol. The number of rotatable bonds is 6. The van der Waals surface area contributed by atoms with Gasteiger partial charge in [0.25, 0.3) is 5.91 Å². The Bertz CT molecular complexity index is 1340. The number of carbonyl (C=O) groups excluding carboxylic acids is 2. The van der Waals surface area contributed by atoms with Crippen LogP contribution in [-0.2, 0) is 11.2 Å². The number of primary amides is 1. The Hall–Kier alpha value is -3.77. The van der Waals surface area contributed by atoms with E-state index in [0.29, 0.717) is 11.1 Å². The molecule has 0 spiro atoms. The van der Waals surface area contributed by atoms with Gasteiger partial charge in [0.1, 0.15) is 0 Å². The average molecular weight is 453 g/mol. The highest BCUT2D eigenvalue weighted by atomic mass is 16.2. The molecule has 172 valence electrons. The number of hydrogen-bond acceptors (Lipinski definition) is 4. The van der Waals surface area contributed by atoms with Gasteiger partial charge in [-0.2, -0.15) is 0 Å². The lowest BCUT2D eigenvalue weighted by Crippen LogP contribution is -2.39. The zero-order valence-corrected chi connectivity index (χ0v) is 19.0. The zero-order chi connectivity index (χ0) is 23.5. The van der Waals surface area contributed by atoms with E-state index in [4.69, 9.17) is 5.73 Å². The van der Waals surface area contributed by atoms with Crippen LogP contribution in [0.4, 0.5) is 5.69 Å². The fourth-order valence-electron chi connectivity index (χ4n) is 4.78. The predicted octanol–water partition coefficient (Wildman–Crippen LogP) is 4.38. The van der Waals surface area contributed by atoms with Crippen molar-refractivity contribution in [1.82, 2.24) is 9.88 Å². The molecule has 0 saturated carbocycles. The van der Waals surface area contributed by atoms with Gasteiger partial charge in [0.15, 0.2) is 0 Å². The first-order valence-corrected chi connectivity index (χ1v) is 11.8. The predicted molar refractivity (Wildman–Crippen MR) is 136 cm³/mol. The van der Waals surface area contributed by atoms with E-state index >= 15 is 0 Å². The molecule has 3 aromatic carbocycles. The number of anilines is 1. The smallest absolute Gasteiger partial charge is 0.257 e. The number of carbonyl (C=O) groups is 2.